The molecule has 1 aromatic rings. The SMILES string of the molecule is CCC.CC[C@H](C)C([C@@H](CC(=O)N1CCC[C@H]1[C@H](OC)[C@@H](C)C(=O)N[C@H](C)[C@@H](O)c1ccccc1)OC)N(C)C(=O)CN. The number of nitrogens with zero attached hydrogens (tertiary/aromatic N) is 2. The first-order valence-corrected chi connectivity index (χ1v) is 15.8. The van der Waals surface area contributed by atoms with E-state index in [2.05, 4.69) is 19.2 Å². The first-order valence-electron chi connectivity index (χ1n) is 15.8. The van der Waals surface area contributed by atoms with E-state index in [0.29, 0.717) is 13.0 Å². The van der Waals surface area contributed by atoms with E-state index in [9.17, 15) is 19.5 Å². The Kier molecular flexibility index (Phi) is 17.6. The van der Waals surface area contributed by atoms with Crippen molar-refractivity contribution in [3.8, 4) is 0 Å². The monoisotopic (exact) mass is 606 g/mol. The lowest BCUT2D eigenvalue weighted by Crippen LogP contribution is -2.54. The molecule has 1 heterocycles. The molecule has 0 bridgehead atoms. The van der Waals surface area contributed by atoms with Gasteiger partial charge in [-0.2, -0.15) is 0 Å². The molecule has 0 saturated carbocycles. The molecule has 1 saturated heterocycles. The number of hydrogen-bond donors (Lipinski definition) is 3. The van der Waals surface area contributed by atoms with Crippen LogP contribution in [0, 0.1) is 11.8 Å². The summed E-state index contributed by atoms with van der Waals surface area (Å²) in [4.78, 5) is 42.7. The van der Waals surface area contributed by atoms with Gasteiger partial charge in [-0.15, -0.1) is 0 Å². The minimum atomic E-state index is -0.850. The number of aliphatic hydroxyl groups is 1. The van der Waals surface area contributed by atoms with Gasteiger partial charge in [0.25, 0.3) is 0 Å². The summed E-state index contributed by atoms with van der Waals surface area (Å²) in [5, 5.41) is 13.6. The quantitative estimate of drug-likeness (QED) is 0.278. The molecule has 4 N–H and O–H groups in total. The van der Waals surface area contributed by atoms with Gasteiger partial charge in [-0.25, -0.2) is 0 Å². The maximum absolute atomic E-state index is 13.7. The van der Waals surface area contributed by atoms with Gasteiger partial charge < -0.3 is 35.4 Å². The number of rotatable bonds is 15. The molecule has 10 heteroatoms. The molecule has 1 aliphatic heterocycles. The molecule has 0 spiro atoms. The van der Waals surface area contributed by atoms with Crippen molar-refractivity contribution >= 4 is 17.7 Å². The van der Waals surface area contributed by atoms with Gasteiger partial charge >= 0.3 is 0 Å². The molecular formula is C33H58N4O6. The van der Waals surface area contributed by atoms with Crippen molar-refractivity contribution in [2.24, 2.45) is 17.6 Å². The predicted octanol–water partition coefficient (Wildman–Crippen LogP) is 3.52. The number of ether oxygens (including phenoxy) is 2. The van der Waals surface area contributed by atoms with Gasteiger partial charge in [0, 0.05) is 27.8 Å². The number of methoxy groups -OCH3 is 2. The number of benzene rings is 1. The number of amides is 3. The fourth-order valence-corrected chi connectivity index (χ4v) is 5.84. The van der Waals surface area contributed by atoms with E-state index in [-0.39, 0.29) is 48.7 Å². The second-order valence-corrected chi connectivity index (χ2v) is 11.7. The van der Waals surface area contributed by atoms with Crippen LogP contribution in [0.25, 0.3) is 0 Å². The maximum Gasteiger partial charge on any atom is 0.236 e. The fraction of sp³-hybridized carbons (Fsp3) is 0.727. The number of carbonyl (C=O) groups excluding carboxylic acids is 3. The third-order valence-electron chi connectivity index (χ3n) is 8.46. The van der Waals surface area contributed by atoms with Crippen molar-refractivity contribution in [3.63, 3.8) is 0 Å². The lowest BCUT2D eigenvalue weighted by molar-refractivity contribution is -0.145. The minimum absolute atomic E-state index is 0.0938. The summed E-state index contributed by atoms with van der Waals surface area (Å²) in [7, 11) is 4.82. The van der Waals surface area contributed by atoms with Crippen LogP contribution < -0.4 is 11.1 Å². The van der Waals surface area contributed by atoms with E-state index < -0.39 is 30.3 Å². The van der Waals surface area contributed by atoms with Crippen molar-refractivity contribution in [1.82, 2.24) is 15.1 Å². The van der Waals surface area contributed by atoms with E-state index in [1.54, 1.807) is 44.9 Å². The fourth-order valence-electron chi connectivity index (χ4n) is 5.84. The molecule has 0 radical (unpaired) electrons. The first kappa shape index (κ1) is 38.5. The van der Waals surface area contributed by atoms with Crippen molar-refractivity contribution in [1.29, 1.82) is 0 Å². The zero-order chi connectivity index (χ0) is 32.7. The topological polar surface area (TPSA) is 134 Å². The molecule has 1 aromatic carbocycles. The normalized spacial score (nSPS) is 19.6. The molecule has 10 nitrogen and oxygen atoms in total. The average molecular weight is 607 g/mol. The number of nitrogens with two attached hydrogens (primary N) is 1. The van der Waals surface area contributed by atoms with Crippen molar-refractivity contribution < 1.29 is 29.0 Å². The summed E-state index contributed by atoms with van der Waals surface area (Å²) in [5.41, 5.74) is 6.35. The van der Waals surface area contributed by atoms with Gasteiger partial charge in [0.2, 0.25) is 17.7 Å². The van der Waals surface area contributed by atoms with Gasteiger partial charge in [-0.1, -0.05) is 77.8 Å². The predicted molar refractivity (Wildman–Crippen MR) is 170 cm³/mol. The van der Waals surface area contributed by atoms with Crippen LogP contribution in [-0.2, 0) is 23.9 Å². The molecule has 43 heavy (non-hydrogen) atoms. The highest BCUT2D eigenvalue weighted by molar-refractivity contribution is 5.81. The Morgan fingerprint density at radius 3 is 2.21 bits per heavy atom. The number of aliphatic hydroxyl groups excluding tert-OH is 1. The molecule has 2 rings (SSSR count). The molecule has 0 aromatic heterocycles. The summed E-state index contributed by atoms with van der Waals surface area (Å²) < 4.78 is 11.6. The van der Waals surface area contributed by atoms with Crippen molar-refractivity contribution in [2.45, 2.75) is 110 Å². The first-order chi connectivity index (χ1) is 20.4. The minimum Gasteiger partial charge on any atom is -0.386 e. The van der Waals surface area contributed by atoms with E-state index in [1.165, 1.54) is 6.42 Å². The van der Waals surface area contributed by atoms with Crippen LogP contribution in [0.1, 0.15) is 85.3 Å². The zero-order valence-electron chi connectivity index (χ0n) is 27.9. The standard InChI is InChI=1S/C30H50N4O6.C3H8/c1-8-19(2)27(33(5)26(36)18-31)24(39-6)17-25(35)34-16-12-15-23(34)29(40-7)20(3)30(38)32-21(4)28(37)22-13-10-9-11-14-22;1-3-2/h9-11,13-14,19-21,23-24,27-29,37H,8,12,15-18,31H2,1-7H3,(H,32,38);3H2,1-2H3/t19-,20+,21+,23-,24+,27?,28+,29+;/m0./s1. The third-order valence-corrected chi connectivity index (χ3v) is 8.46. The molecule has 1 fully saturated rings. The van der Waals surface area contributed by atoms with E-state index in [1.807, 2.05) is 44.2 Å². The maximum atomic E-state index is 13.7. The molecule has 0 aliphatic carbocycles. The summed E-state index contributed by atoms with van der Waals surface area (Å²) in [5.74, 6) is -1.02. The Bertz CT molecular complexity index is 964. The van der Waals surface area contributed by atoms with E-state index >= 15 is 0 Å². The summed E-state index contributed by atoms with van der Waals surface area (Å²) in [6, 6.07) is 8.10. The summed E-state index contributed by atoms with van der Waals surface area (Å²) in [6.45, 7) is 12.3. The van der Waals surface area contributed by atoms with Crippen LogP contribution in [0.15, 0.2) is 30.3 Å². The van der Waals surface area contributed by atoms with Gasteiger partial charge in [0.1, 0.15) is 0 Å². The number of nitrogens with one attached hydrogen (secondary N) is 1. The summed E-state index contributed by atoms with van der Waals surface area (Å²) in [6.07, 6.45) is 1.78. The second kappa shape index (κ2) is 19.7. The Labute approximate surface area is 259 Å². The Morgan fingerprint density at radius 2 is 1.70 bits per heavy atom. The Hall–Kier alpha value is -2.53. The Morgan fingerprint density at radius 1 is 1.09 bits per heavy atom. The highest BCUT2D eigenvalue weighted by atomic mass is 16.5. The molecule has 1 unspecified atom stereocenters. The van der Waals surface area contributed by atoms with Crippen LogP contribution in [-0.4, -0.2) is 97.3 Å². The number of likely N-dealkylation sites (N-methyl/N-ethyl adjacent to an activating group) is 1. The van der Waals surface area contributed by atoms with Gasteiger partial charge in [-0.05, 0) is 31.2 Å². The highest BCUT2D eigenvalue weighted by Crippen LogP contribution is 2.29. The molecular weight excluding hydrogens is 548 g/mol. The number of hydrogen-bond acceptors (Lipinski definition) is 7. The molecule has 3 amide bonds. The van der Waals surface area contributed by atoms with Gasteiger partial charge in [0.15, 0.2) is 0 Å². The number of carbonyl (C=O) groups is 3. The lowest BCUT2D eigenvalue weighted by atomic mass is 9.90. The van der Waals surface area contributed by atoms with Crippen molar-refractivity contribution in [3.05, 3.63) is 35.9 Å². The molecule has 8 atom stereocenters. The largest absolute Gasteiger partial charge is 0.386 e. The van der Waals surface area contributed by atoms with Crippen LogP contribution in [0.2, 0.25) is 0 Å². The average Bonchev–Trinajstić information content (AvgIpc) is 3.50. The van der Waals surface area contributed by atoms with Crippen LogP contribution >= 0.6 is 0 Å². The van der Waals surface area contributed by atoms with Gasteiger partial charge in [0.05, 0.1) is 55.3 Å². The van der Waals surface area contributed by atoms with Crippen LogP contribution in [0.4, 0.5) is 0 Å². The number of likely N-dealkylation sites (tertiary alicyclic amines) is 1. The van der Waals surface area contributed by atoms with Gasteiger partial charge in [-0.3, -0.25) is 14.4 Å². The van der Waals surface area contributed by atoms with Crippen LogP contribution in [0.5, 0.6) is 0 Å². The molecule has 1 aliphatic rings. The highest BCUT2D eigenvalue weighted by Gasteiger charge is 2.42. The second-order valence-electron chi connectivity index (χ2n) is 11.7. The zero-order valence-corrected chi connectivity index (χ0v) is 27.9. The third kappa shape index (κ3) is 10.8. The van der Waals surface area contributed by atoms with Crippen molar-refractivity contribution in [2.75, 3.05) is 34.4 Å². The smallest absolute Gasteiger partial charge is 0.236 e. The van der Waals surface area contributed by atoms with E-state index in [4.69, 9.17) is 15.2 Å². The Balaban J connectivity index is 0.00000295. The lowest BCUT2D eigenvalue weighted by Gasteiger charge is -2.39. The van der Waals surface area contributed by atoms with E-state index in [0.717, 1.165) is 18.4 Å². The summed E-state index contributed by atoms with van der Waals surface area (Å²) >= 11 is 0. The molecule has 246 valence electrons. The van der Waals surface area contributed by atoms with Crippen LogP contribution in [0.3, 0.4) is 0 Å².